The van der Waals surface area contributed by atoms with Crippen molar-refractivity contribution in [2.45, 2.75) is 17.0 Å². The second kappa shape index (κ2) is 4.27. The average molecular weight is 218 g/mol. The number of rotatable bonds is 2. The minimum absolute atomic E-state index is 0.507. The molecule has 0 atom stereocenters. The van der Waals surface area contributed by atoms with Gasteiger partial charge in [0.2, 0.25) is 0 Å². The Morgan fingerprint density at radius 1 is 1.20 bits per heavy atom. The first kappa shape index (κ1) is 9.92. The van der Waals surface area contributed by atoms with Gasteiger partial charge < -0.3 is 5.73 Å². The van der Waals surface area contributed by atoms with Crippen LogP contribution in [0.3, 0.4) is 0 Å². The van der Waals surface area contributed by atoms with E-state index in [0.717, 1.165) is 15.7 Å². The van der Waals surface area contributed by atoms with Crippen molar-refractivity contribution in [3.63, 3.8) is 0 Å². The Morgan fingerprint density at radius 3 is 2.73 bits per heavy atom. The van der Waals surface area contributed by atoms with Crippen LogP contribution in [0.4, 0.5) is 5.82 Å². The molecule has 0 aliphatic heterocycles. The van der Waals surface area contributed by atoms with Gasteiger partial charge in [-0.1, -0.05) is 0 Å². The molecule has 0 bridgehead atoms. The molecule has 0 aliphatic rings. The second-order valence-electron chi connectivity index (χ2n) is 3.00. The maximum absolute atomic E-state index is 5.58. The summed E-state index contributed by atoms with van der Waals surface area (Å²) in [7, 11) is 0. The summed E-state index contributed by atoms with van der Waals surface area (Å²) in [5.74, 6) is 0.507. The second-order valence-corrected chi connectivity index (χ2v) is 4.04. The van der Waals surface area contributed by atoms with Crippen LogP contribution in [0.5, 0.6) is 0 Å². The van der Waals surface area contributed by atoms with Crippen molar-refractivity contribution in [2.75, 3.05) is 5.73 Å². The number of pyridine rings is 1. The fourth-order valence-corrected chi connectivity index (χ4v) is 1.89. The van der Waals surface area contributed by atoms with Crippen molar-refractivity contribution in [1.29, 1.82) is 0 Å². The molecule has 4 nitrogen and oxygen atoms in total. The van der Waals surface area contributed by atoms with Crippen molar-refractivity contribution in [2.24, 2.45) is 0 Å². The summed E-state index contributed by atoms with van der Waals surface area (Å²) < 4.78 is 0. The lowest BCUT2D eigenvalue weighted by atomic mass is 10.5. The maximum Gasteiger partial charge on any atom is 0.192 e. The Morgan fingerprint density at radius 2 is 2.00 bits per heavy atom. The molecule has 2 heterocycles. The van der Waals surface area contributed by atoms with Crippen LogP contribution in [0.15, 0.2) is 40.6 Å². The minimum atomic E-state index is 0.507. The number of aromatic nitrogens is 3. The van der Waals surface area contributed by atoms with Gasteiger partial charge >= 0.3 is 0 Å². The van der Waals surface area contributed by atoms with Gasteiger partial charge in [-0.25, -0.2) is 15.0 Å². The molecular formula is C10H10N4S. The first-order chi connectivity index (χ1) is 7.24. The molecule has 0 spiro atoms. The van der Waals surface area contributed by atoms with E-state index in [0.29, 0.717) is 5.82 Å². The molecule has 0 aromatic carbocycles. The molecular weight excluding hydrogens is 208 g/mol. The highest BCUT2D eigenvalue weighted by Crippen LogP contribution is 2.24. The number of aryl methyl sites for hydroxylation is 1. The summed E-state index contributed by atoms with van der Waals surface area (Å²) in [5, 5.41) is 0.723. The molecule has 2 N–H and O–H groups in total. The van der Waals surface area contributed by atoms with Gasteiger partial charge in [0.25, 0.3) is 0 Å². The first-order valence-corrected chi connectivity index (χ1v) is 5.25. The standard InChI is InChI=1S/C10H10N4S/c1-7-2-4-13-10(14-7)15-8-3-5-12-9(11)6-8/h2-6H,1H3,(H2,11,12). The number of hydrogen-bond acceptors (Lipinski definition) is 5. The number of nitrogen functional groups attached to an aromatic ring is 1. The van der Waals surface area contributed by atoms with E-state index in [1.165, 1.54) is 11.8 Å². The van der Waals surface area contributed by atoms with Crippen molar-refractivity contribution < 1.29 is 0 Å². The van der Waals surface area contributed by atoms with Gasteiger partial charge in [-0.15, -0.1) is 0 Å². The Hall–Kier alpha value is -1.62. The summed E-state index contributed by atoms with van der Waals surface area (Å²) in [6.45, 7) is 1.94. The van der Waals surface area contributed by atoms with E-state index >= 15 is 0 Å². The number of anilines is 1. The SMILES string of the molecule is Cc1ccnc(Sc2ccnc(N)c2)n1. The van der Waals surface area contributed by atoms with Crippen LogP contribution in [0, 0.1) is 6.92 Å². The Labute approximate surface area is 92.0 Å². The molecule has 0 fully saturated rings. The molecule has 0 saturated carbocycles. The first-order valence-electron chi connectivity index (χ1n) is 4.43. The van der Waals surface area contributed by atoms with Crippen LogP contribution in [-0.4, -0.2) is 15.0 Å². The molecule has 0 amide bonds. The van der Waals surface area contributed by atoms with E-state index in [1.807, 2.05) is 19.1 Å². The van der Waals surface area contributed by atoms with E-state index < -0.39 is 0 Å². The Balaban J connectivity index is 2.22. The van der Waals surface area contributed by atoms with E-state index in [1.54, 1.807) is 18.5 Å². The van der Waals surface area contributed by atoms with Crippen molar-refractivity contribution in [3.8, 4) is 0 Å². The van der Waals surface area contributed by atoms with Crippen molar-refractivity contribution >= 4 is 17.6 Å². The zero-order valence-electron chi connectivity index (χ0n) is 8.21. The summed E-state index contributed by atoms with van der Waals surface area (Å²) in [5.41, 5.74) is 6.53. The molecule has 0 unspecified atom stereocenters. The highest BCUT2D eigenvalue weighted by molar-refractivity contribution is 7.99. The highest BCUT2D eigenvalue weighted by atomic mass is 32.2. The normalized spacial score (nSPS) is 10.2. The zero-order chi connectivity index (χ0) is 10.7. The molecule has 0 saturated heterocycles. The fourth-order valence-electron chi connectivity index (χ4n) is 1.07. The third kappa shape index (κ3) is 2.66. The maximum atomic E-state index is 5.58. The minimum Gasteiger partial charge on any atom is -0.384 e. The molecule has 2 aromatic heterocycles. The molecule has 5 heteroatoms. The van der Waals surface area contributed by atoms with Crippen LogP contribution in [0.2, 0.25) is 0 Å². The van der Waals surface area contributed by atoms with E-state index in [4.69, 9.17) is 5.73 Å². The summed E-state index contributed by atoms with van der Waals surface area (Å²) in [6, 6.07) is 5.55. The Kier molecular flexibility index (Phi) is 2.82. The van der Waals surface area contributed by atoms with Crippen LogP contribution < -0.4 is 5.73 Å². The summed E-state index contributed by atoms with van der Waals surface area (Å²) >= 11 is 1.47. The number of nitrogens with two attached hydrogens (primary N) is 1. The molecule has 15 heavy (non-hydrogen) atoms. The molecule has 2 aromatic rings. The number of hydrogen-bond donors (Lipinski definition) is 1. The van der Waals surface area contributed by atoms with E-state index in [9.17, 15) is 0 Å². The smallest absolute Gasteiger partial charge is 0.192 e. The molecule has 76 valence electrons. The van der Waals surface area contributed by atoms with Gasteiger partial charge in [-0.05, 0) is 36.9 Å². The Bertz CT molecular complexity index is 429. The van der Waals surface area contributed by atoms with Crippen LogP contribution >= 0.6 is 11.8 Å². The predicted molar refractivity (Wildman–Crippen MR) is 59.5 cm³/mol. The number of nitrogens with zero attached hydrogens (tertiary/aromatic N) is 3. The van der Waals surface area contributed by atoms with Gasteiger partial charge in [-0.3, -0.25) is 0 Å². The quantitative estimate of drug-likeness (QED) is 0.780. The van der Waals surface area contributed by atoms with Crippen LogP contribution in [0.25, 0.3) is 0 Å². The molecule has 0 aliphatic carbocycles. The van der Waals surface area contributed by atoms with Gasteiger partial charge in [0, 0.05) is 23.0 Å². The van der Waals surface area contributed by atoms with Crippen molar-refractivity contribution in [1.82, 2.24) is 15.0 Å². The van der Waals surface area contributed by atoms with Gasteiger partial charge in [0.15, 0.2) is 5.16 Å². The lowest BCUT2D eigenvalue weighted by molar-refractivity contribution is 0.932. The molecule has 0 radical (unpaired) electrons. The predicted octanol–water partition coefficient (Wildman–Crippen LogP) is 1.91. The largest absolute Gasteiger partial charge is 0.384 e. The zero-order valence-corrected chi connectivity index (χ0v) is 9.03. The van der Waals surface area contributed by atoms with Crippen LogP contribution in [-0.2, 0) is 0 Å². The molecule has 2 rings (SSSR count). The third-order valence-electron chi connectivity index (χ3n) is 1.73. The summed E-state index contributed by atoms with van der Waals surface area (Å²) in [4.78, 5) is 13.4. The summed E-state index contributed by atoms with van der Waals surface area (Å²) in [6.07, 6.45) is 3.42. The lowest BCUT2D eigenvalue weighted by Gasteiger charge is -2.00. The van der Waals surface area contributed by atoms with Crippen molar-refractivity contribution in [3.05, 3.63) is 36.3 Å². The average Bonchev–Trinajstić information content (AvgIpc) is 2.17. The van der Waals surface area contributed by atoms with Gasteiger partial charge in [0.05, 0.1) is 0 Å². The lowest BCUT2D eigenvalue weighted by Crippen LogP contribution is -1.90. The van der Waals surface area contributed by atoms with Crippen LogP contribution in [0.1, 0.15) is 5.69 Å². The van der Waals surface area contributed by atoms with E-state index in [-0.39, 0.29) is 0 Å². The monoisotopic (exact) mass is 218 g/mol. The van der Waals surface area contributed by atoms with Gasteiger partial charge in [0.1, 0.15) is 5.82 Å². The van der Waals surface area contributed by atoms with Gasteiger partial charge in [-0.2, -0.15) is 0 Å². The van der Waals surface area contributed by atoms with E-state index in [2.05, 4.69) is 15.0 Å². The fraction of sp³-hybridized carbons (Fsp3) is 0.100. The third-order valence-corrected chi connectivity index (χ3v) is 2.60. The highest BCUT2D eigenvalue weighted by Gasteiger charge is 2.00. The topological polar surface area (TPSA) is 64.7 Å².